The fraction of sp³-hybridized carbons (Fsp3) is 0.412. The average Bonchev–Trinajstić information content (AvgIpc) is 3.27. The summed E-state index contributed by atoms with van der Waals surface area (Å²) in [5.74, 6) is 6.18. The summed E-state index contributed by atoms with van der Waals surface area (Å²) in [7, 11) is 0. The third-order valence-corrected chi connectivity index (χ3v) is 5.54. The molecule has 2 aliphatic rings. The molecule has 1 amide bonds. The molecule has 0 aromatic carbocycles. The molecular formula is C17H17N3O2S. The van der Waals surface area contributed by atoms with Gasteiger partial charge in [0.2, 0.25) is 0 Å². The summed E-state index contributed by atoms with van der Waals surface area (Å²) < 4.78 is 0.993. The molecule has 5 nitrogen and oxygen atoms in total. The van der Waals surface area contributed by atoms with Crippen LogP contribution >= 0.6 is 11.3 Å². The van der Waals surface area contributed by atoms with Crippen LogP contribution in [0.15, 0.2) is 17.6 Å². The number of aliphatic hydroxyl groups is 1. The van der Waals surface area contributed by atoms with Crippen molar-refractivity contribution in [1.29, 1.82) is 0 Å². The number of carbonyl (C=O) groups is 1. The highest BCUT2D eigenvalue weighted by Crippen LogP contribution is 2.31. The number of amides is 1. The van der Waals surface area contributed by atoms with Crippen LogP contribution in [-0.4, -0.2) is 46.8 Å². The monoisotopic (exact) mass is 327 g/mol. The largest absolute Gasteiger partial charge is 0.384 e. The predicted molar refractivity (Wildman–Crippen MR) is 89.1 cm³/mol. The first-order chi connectivity index (χ1) is 11.2. The van der Waals surface area contributed by atoms with Crippen LogP contribution in [0.3, 0.4) is 0 Å². The number of nitrogens with one attached hydrogen (secondary N) is 1. The highest BCUT2D eigenvalue weighted by Gasteiger charge is 2.38. The molecule has 4 heterocycles. The number of hydrogen-bond donors (Lipinski definition) is 2. The van der Waals surface area contributed by atoms with E-state index in [1.807, 2.05) is 5.38 Å². The zero-order chi connectivity index (χ0) is 15.8. The maximum absolute atomic E-state index is 12.5. The van der Waals surface area contributed by atoms with Gasteiger partial charge in [-0.3, -0.25) is 9.69 Å². The number of thiophene rings is 1. The molecule has 0 saturated carbocycles. The summed E-state index contributed by atoms with van der Waals surface area (Å²) in [6, 6.07) is 1.80. The van der Waals surface area contributed by atoms with E-state index in [1.54, 1.807) is 23.6 Å². The van der Waals surface area contributed by atoms with Crippen LogP contribution < -0.4 is 5.32 Å². The van der Waals surface area contributed by atoms with Crippen molar-refractivity contribution in [1.82, 2.24) is 15.2 Å². The van der Waals surface area contributed by atoms with Crippen LogP contribution in [0.5, 0.6) is 0 Å². The van der Waals surface area contributed by atoms with Gasteiger partial charge in [-0.05, 0) is 24.8 Å². The van der Waals surface area contributed by atoms with Gasteiger partial charge in [-0.15, -0.1) is 11.3 Å². The van der Waals surface area contributed by atoms with E-state index in [-0.39, 0.29) is 18.7 Å². The normalized spacial score (nSPS) is 25.3. The first-order valence-corrected chi connectivity index (χ1v) is 8.64. The van der Waals surface area contributed by atoms with Crippen LogP contribution in [-0.2, 0) is 0 Å². The molecule has 0 radical (unpaired) electrons. The summed E-state index contributed by atoms with van der Waals surface area (Å²) in [6.45, 7) is 2.00. The standard InChI is InChI=1S/C17H17N3O2S/c21-5-1-2-12-10-23-15-8-18-14(7-13(12)15)17(22)19-16-6-11-3-4-20(16)9-11/h7-8,10-11,16,21H,3-6,9H2,(H,19,22). The first kappa shape index (κ1) is 14.6. The Morgan fingerprint density at radius 3 is 3.22 bits per heavy atom. The van der Waals surface area contributed by atoms with Gasteiger partial charge in [0.05, 0.1) is 10.9 Å². The first-order valence-electron chi connectivity index (χ1n) is 7.76. The zero-order valence-corrected chi connectivity index (χ0v) is 13.4. The van der Waals surface area contributed by atoms with Crippen LogP contribution in [0.25, 0.3) is 10.1 Å². The second-order valence-corrected chi connectivity index (χ2v) is 6.96. The summed E-state index contributed by atoms with van der Waals surface area (Å²) >= 11 is 1.54. The van der Waals surface area contributed by atoms with Gasteiger partial charge in [-0.1, -0.05) is 11.8 Å². The van der Waals surface area contributed by atoms with Crippen molar-refractivity contribution < 1.29 is 9.90 Å². The summed E-state index contributed by atoms with van der Waals surface area (Å²) in [6.07, 6.45) is 4.16. The summed E-state index contributed by atoms with van der Waals surface area (Å²) in [5, 5.41) is 14.8. The molecule has 3 atom stereocenters. The molecular weight excluding hydrogens is 310 g/mol. The lowest BCUT2D eigenvalue weighted by atomic mass is 10.0. The Morgan fingerprint density at radius 2 is 2.48 bits per heavy atom. The zero-order valence-electron chi connectivity index (χ0n) is 12.6. The maximum atomic E-state index is 12.5. The molecule has 2 N–H and O–H groups in total. The number of carbonyl (C=O) groups excluding carboxylic acids is 1. The molecule has 2 fully saturated rings. The van der Waals surface area contributed by atoms with Gasteiger partial charge in [-0.25, -0.2) is 4.98 Å². The SMILES string of the molecule is O=C(NC1CC2CCN1C2)c1cc2c(C#CCO)csc2cn1. The van der Waals surface area contributed by atoms with Crippen LogP contribution in [0.2, 0.25) is 0 Å². The Labute approximate surface area is 138 Å². The van der Waals surface area contributed by atoms with Gasteiger partial charge in [0, 0.05) is 35.6 Å². The molecule has 2 saturated heterocycles. The minimum absolute atomic E-state index is 0.128. The second-order valence-electron chi connectivity index (χ2n) is 6.05. The summed E-state index contributed by atoms with van der Waals surface area (Å²) in [5.41, 5.74) is 1.26. The van der Waals surface area contributed by atoms with E-state index in [9.17, 15) is 4.79 Å². The number of aromatic nitrogens is 1. The Bertz CT molecular complexity index is 820. The molecule has 0 spiro atoms. The number of pyridine rings is 1. The minimum Gasteiger partial charge on any atom is -0.384 e. The van der Waals surface area contributed by atoms with Crippen LogP contribution in [0.4, 0.5) is 0 Å². The fourth-order valence-corrected chi connectivity index (χ4v) is 4.31. The van der Waals surface area contributed by atoms with E-state index in [1.165, 1.54) is 6.42 Å². The van der Waals surface area contributed by atoms with Gasteiger partial charge in [0.15, 0.2) is 0 Å². The van der Waals surface area contributed by atoms with Gasteiger partial charge in [-0.2, -0.15) is 0 Å². The van der Waals surface area contributed by atoms with E-state index in [4.69, 9.17) is 5.11 Å². The Kier molecular flexibility index (Phi) is 3.77. The molecule has 2 aromatic rings. The van der Waals surface area contributed by atoms with Gasteiger partial charge < -0.3 is 10.4 Å². The smallest absolute Gasteiger partial charge is 0.271 e. The van der Waals surface area contributed by atoms with E-state index >= 15 is 0 Å². The van der Waals surface area contributed by atoms with E-state index in [0.717, 1.165) is 41.1 Å². The lowest BCUT2D eigenvalue weighted by Gasteiger charge is -2.25. The van der Waals surface area contributed by atoms with Crippen molar-refractivity contribution in [3.05, 3.63) is 28.9 Å². The lowest BCUT2D eigenvalue weighted by molar-refractivity contribution is 0.0878. The third kappa shape index (κ3) is 2.72. The van der Waals surface area contributed by atoms with Gasteiger partial charge in [0.1, 0.15) is 12.3 Å². The molecule has 4 rings (SSSR count). The minimum atomic E-state index is -0.172. The summed E-state index contributed by atoms with van der Waals surface area (Å²) in [4.78, 5) is 19.1. The number of rotatable bonds is 2. The van der Waals surface area contributed by atoms with Gasteiger partial charge in [0.25, 0.3) is 5.91 Å². The predicted octanol–water partition coefficient (Wildman–Crippen LogP) is 1.42. The van der Waals surface area contributed by atoms with Crippen molar-refractivity contribution in [2.45, 2.75) is 19.0 Å². The van der Waals surface area contributed by atoms with Crippen molar-refractivity contribution in [3.8, 4) is 11.8 Å². The third-order valence-electron chi connectivity index (χ3n) is 4.61. The highest BCUT2D eigenvalue weighted by molar-refractivity contribution is 7.17. The average molecular weight is 327 g/mol. The molecule has 6 heteroatoms. The molecule has 2 aliphatic heterocycles. The maximum Gasteiger partial charge on any atom is 0.271 e. The number of hydrogen-bond acceptors (Lipinski definition) is 5. The van der Waals surface area contributed by atoms with Crippen molar-refractivity contribution in [2.24, 2.45) is 5.92 Å². The van der Waals surface area contributed by atoms with Gasteiger partial charge >= 0.3 is 0 Å². The number of fused-ring (bicyclic) bond motifs is 3. The van der Waals surface area contributed by atoms with E-state index in [2.05, 4.69) is 27.0 Å². The topological polar surface area (TPSA) is 65.5 Å². The van der Waals surface area contributed by atoms with E-state index in [0.29, 0.717) is 5.69 Å². The fourth-order valence-electron chi connectivity index (χ4n) is 3.47. The van der Waals surface area contributed by atoms with Crippen LogP contribution in [0, 0.1) is 17.8 Å². The molecule has 2 aromatic heterocycles. The van der Waals surface area contributed by atoms with Crippen molar-refractivity contribution >= 4 is 27.3 Å². The van der Waals surface area contributed by atoms with E-state index < -0.39 is 0 Å². The molecule has 3 unspecified atom stereocenters. The lowest BCUT2D eigenvalue weighted by Crippen LogP contribution is -2.45. The van der Waals surface area contributed by atoms with Crippen molar-refractivity contribution in [3.63, 3.8) is 0 Å². The number of piperidine rings is 1. The molecule has 0 aliphatic carbocycles. The Morgan fingerprint density at radius 1 is 1.57 bits per heavy atom. The second kappa shape index (κ2) is 5.93. The highest BCUT2D eigenvalue weighted by atomic mass is 32.1. The Balaban J connectivity index is 1.57. The Hall–Kier alpha value is -1.94. The van der Waals surface area contributed by atoms with Crippen molar-refractivity contribution in [2.75, 3.05) is 19.7 Å². The molecule has 118 valence electrons. The number of aliphatic hydroxyl groups excluding tert-OH is 1. The number of nitrogens with zero attached hydrogens (tertiary/aromatic N) is 2. The quantitative estimate of drug-likeness (QED) is 0.819. The van der Waals surface area contributed by atoms with Crippen LogP contribution in [0.1, 0.15) is 28.9 Å². The molecule has 23 heavy (non-hydrogen) atoms. The molecule has 2 bridgehead atoms.